The molecule has 1 aliphatic rings. The van der Waals surface area contributed by atoms with Crippen LogP contribution in [-0.4, -0.2) is 28.0 Å². The number of nitrogens with one attached hydrogen (secondary N) is 1. The van der Waals surface area contributed by atoms with E-state index in [9.17, 15) is 0 Å². The molecule has 1 aliphatic carbocycles. The molecule has 0 amide bonds. The monoisotopic (exact) mass is 302 g/mol. The van der Waals surface area contributed by atoms with Crippen molar-refractivity contribution in [3.8, 4) is 10.8 Å². The molecule has 1 N–H and O–H groups in total. The molecule has 0 bridgehead atoms. The van der Waals surface area contributed by atoms with Crippen molar-refractivity contribution in [1.29, 1.82) is 0 Å². The summed E-state index contributed by atoms with van der Waals surface area (Å²) in [7, 11) is 0. The van der Waals surface area contributed by atoms with Crippen LogP contribution in [0.15, 0.2) is 18.5 Å². The number of fused-ring (bicyclic) bond motifs is 1. The summed E-state index contributed by atoms with van der Waals surface area (Å²) >= 11 is 1.77. The van der Waals surface area contributed by atoms with Crippen LogP contribution in [0.4, 0.5) is 0 Å². The highest BCUT2D eigenvalue weighted by molar-refractivity contribution is 7.15. The van der Waals surface area contributed by atoms with Crippen molar-refractivity contribution in [2.75, 3.05) is 13.1 Å². The first kappa shape index (κ1) is 14.6. The number of nitrogens with zero attached hydrogens (tertiary/aromatic N) is 3. The SMILES string of the molecule is CC(C)CNCC1CCCc2sc(-c3ncccn3)nc21. The summed E-state index contributed by atoms with van der Waals surface area (Å²) in [6, 6.07) is 1.84. The number of hydrogen-bond acceptors (Lipinski definition) is 5. The molecule has 0 fully saturated rings. The molecule has 0 saturated carbocycles. The highest BCUT2D eigenvalue weighted by Crippen LogP contribution is 2.36. The number of aryl methyl sites for hydroxylation is 1. The Bertz CT molecular complexity index is 579. The molecule has 1 atom stereocenters. The van der Waals surface area contributed by atoms with Gasteiger partial charge in [-0.1, -0.05) is 13.8 Å². The quantitative estimate of drug-likeness (QED) is 0.921. The maximum atomic E-state index is 4.85. The fraction of sp³-hybridized carbons (Fsp3) is 0.562. The molecule has 112 valence electrons. The average Bonchev–Trinajstić information content (AvgIpc) is 2.93. The lowest BCUT2D eigenvalue weighted by Crippen LogP contribution is -2.27. The number of rotatable bonds is 5. The van der Waals surface area contributed by atoms with Gasteiger partial charge < -0.3 is 5.32 Å². The predicted octanol–water partition coefficient (Wildman–Crippen LogP) is 3.27. The highest BCUT2D eigenvalue weighted by Gasteiger charge is 2.25. The topological polar surface area (TPSA) is 50.7 Å². The molecule has 4 nitrogen and oxygen atoms in total. The van der Waals surface area contributed by atoms with E-state index in [0.29, 0.717) is 11.8 Å². The Labute approximate surface area is 130 Å². The first-order valence-electron chi connectivity index (χ1n) is 7.71. The van der Waals surface area contributed by atoms with E-state index in [1.165, 1.54) is 23.4 Å². The molecule has 2 aromatic rings. The van der Waals surface area contributed by atoms with E-state index < -0.39 is 0 Å². The van der Waals surface area contributed by atoms with Crippen LogP contribution in [0.2, 0.25) is 0 Å². The highest BCUT2D eigenvalue weighted by atomic mass is 32.1. The number of aromatic nitrogens is 3. The zero-order chi connectivity index (χ0) is 14.7. The summed E-state index contributed by atoms with van der Waals surface area (Å²) in [6.45, 7) is 6.59. The largest absolute Gasteiger partial charge is 0.316 e. The van der Waals surface area contributed by atoms with E-state index in [0.717, 1.165) is 30.3 Å². The Hall–Kier alpha value is -1.33. The van der Waals surface area contributed by atoms with Crippen molar-refractivity contribution >= 4 is 11.3 Å². The van der Waals surface area contributed by atoms with Crippen LogP contribution in [0.1, 0.15) is 43.2 Å². The number of hydrogen-bond donors (Lipinski definition) is 1. The lowest BCUT2D eigenvalue weighted by Gasteiger charge is -2.21. The van der Waals surface area contributed by atoms with Crippen LogP contribution < -0.4 is 5.32 Å². The third-order valence-electron chi connectivity index (χ3n) is 3.77. The van der Waals surface area contributed by atoms with Gasteiger partial charge in [0.2, 0.25) is 0 Å². The normalized spacial score (nSPS) is 18.0. The molecule has 3 rings (SSSR count). The van der Waals surface area contributed by atoms with E-state index in [4.69, 9.17) is 4.98 Å². The fourth-order valence-electron chi connectivity index (χ4n) is 2.76. The summed E-state index contributed by atoms with van der Waals surface area (Å²) < 4.78 is 0. The van der Waals surface area contributed by atoms with Crippen molar-refractivity contribution in [2.24, 2.45) is 5.92 Å². The summed E-state index contributed by atoms with van der Waals surface area (Å²) in [5, 5.41) is 4.55. The minimum absolute atomic E-state index is 0.543. The fourth-order valence-corrected chi connectivity index (χ4v) is 3.89. The summed E-state index contributed by atoms with van der Waals surface area (Å²) in [5.41, 5.74) is 1.28. The lowest BCUT2D eigenvalue weighted by atomic mass is 9.91. The van der Waals surface area contributed by atoms with Gasteiger partial charge in [0.15, 0.2) is 10.8 Å². The van der Waals surface area contributed by atoms with Crippen molar-refractivity contribution in [1.82, 2.24) is 20.3 Å². The van der Waals surface area contributed by atoms with Crippen LogP contribution in [0.5, 0.6) is 0 Å². The van der Waals surface area contributed by atoms with E-state index in [1.807, 2.05) is 6.07 Å². The van der Waals surface area contributed by atoms with Crippen molar-refractivity contribution in [3.05, 3.63) is 29.0 Å². The van der Waals surface area contributed by atoms with Crippen LogP contribution in [0.3, 0.4) is 0 Å². The van der Waals surface area contributed by atoms with Crippen molar-refractivity contribution in [3.63, 3.8) is 0 Å². The number of thiazole rings is 1. The van der Waals surface area contributed by atoms with E-state index in [1.54, 1.807) is 23.7 Å². The van der Waals surface area contributed by atoms with Gasteiger partial charge in [-0.15, -0.1) is 11.3 Å². The Balaban J connectivity index is 1.77. The van der Waals surface area contributed by atoms with Gasteiger partial charge in [-0.25, -0.2) is 15.0 Å². The molecule has 0 saturated heterocycles. The molecular weight excluding hydrogens is 280 g/mol. The van der Waals surface area contributed by atoms with E-state index in [-0.39, 0.29) is 0 Å². The molecule has 0 aromatic carbocycles. The van der Waals surface area contributed by atoms with Gasteiger partial charge in [-0.2, -0.15) is 0 Å². The standard InChI is InChI=1S/C16H22N4S/c1-11(2)9-17-10-12-5-3-6-13-14(12)20-16(21-13)15-18-7-4-8-19-15/h4,7-8,11-12,17H,3,5-6,9-10H2,1-2H3. The second-order valence-electron chi connectivity index (χ2n) is 6.04. The van der Waals surface area contributed by atoms with Crippen LogP contribution in [0, 0.1) is 5.92 Å². The second kappa shape index (κ2) is 6.62. The minimum Gasteiger partial charge on any atom is -0.316 e. The summed E-state index contributed by atoms with van der Waals surface area (Å²) in [4.78, 5) is 14.9. The molecule has 21 heavy (non-hydrogen) atoms. The zero-order valence-electron chi connectivity index (χ0n) is 12.7. The third-order valence-corrected chi connectivity index (χ3v) is 4.90. The van der Waals surface area contributed by atoms with Crippen molar-refractivity contribution in [2.45, 2.75) is 39.0 Å². The van der Waals surface area contributed by atoms with Gasteiger partial charge in [-0.05, 0) is 37.8 Å². The van der Waals surface area contributed by atoms with Gasteiger partial charge in [0.05, 0.1) is 5.69 Å². The molecule has 1 unspecified atom stereocenters. The first-order valence-corrected chi connectivity index (χ1v) is 8.53. The molecule has 2 heterocycles. The van der Waals surface area contributed by atoms with Gasteiger partial charge >= 0.3 is 0 Å². The first-order chi connectivity index (χ1) is 10.2. The maximum absolute atomic E-state index is 4.85. The molecule has 2 aromatic heterocycles. The van der Waals surface area contributed by atoms with E-state index in [2.05, 4.69) is 29.1 Å². The van der Waals surface area contributed by atoms with Gasteiger partial charge in [-0.3, -0.25) is 0 Å². The Kier molecular flexibility index (Phi) is 4.60. The minimum atomic E-state index is 0.543. The molecule has 0 spiro atoms. The zero-order valence-corrected chi connectivity index (χ0v) is 13.5. The average molecular weight is 302 g/mol. The summed E-state index contributed by atoms with van der Waals surface area (Å²) in [5.74, 6) is 1.99. The van der Waals surface area contributed by atoms with Crippen molar-refractivity contribution < 1.29 is 0 Å². The Morgan fingerprint density at radius 1 is 1.33 bits per heavy atom. The van der Waals surface area contributed by atoms with Gasteiger partial charge in [0.1, 0.15) is 0 Å². The van der Waals surface area contributed by atoms with Crippen LogP contribution in [-0.2, 0) is 6.42 Å². The van der Waals surface area contributed by atoms with E-state index >= 15 is 0 Å². The van der Waals surface area contributed by atoms with Crippen LogP contribution >= 0.6 is 11.3 Å². The second-order valence-corrected chi connectivity index (χ2v) is 7.12. The predicted molar refractivity (Wildman–Crippen MR) is 86.5 cm³/mol. The molecule has 5 heteroatoms. The third kappa shape index (κ3) is 3.47. The molecule has 0 radical (unpaired) electrons. The molecular formula is C16H22N4S. The Morgan fingerprint density at radius 3 is 2.90 bits per heavy atom. The maximum Gasteiger partial charge on any atom is 0.188 e. The van der Waals surface area contributed by atoms with Gasteiger partial charge in [0.25, 0.3) is 0 Å². The summed E-state index contributed by atoms with van der Waals surface area (Å²) in [6.07, 6.45) is 7.21. The lowest BCUT2D eigenvalue weighted by molar-refractivity contribution is 0.473. The van der Waals surface area contributed by atoms with Crippen LogP contribution in [0.25, 0.3) is 10.8 Å². The Morgan fingerprint density at radius 2 is 2.14 bits per heavy atom. The molecule has 0 aliphatic heterocycles. The van der Waals surface area contributed by atoms with Gasteiger partial charge in [0, 0.05) is 29.7 Å². The smallest absolute Gasteiger partial charge is 0.188 e.